The van der Waals surface area contributed by atoms with Crippen LogP contribution in [0.3, 0.4) is 0 Å². The summed E-state index contributed by atoms with van der Waals surface area (Å²) in [6, 6.07) is 8.03. The van der Waals surface area contributed by atoms with Crippen LogP contribution in [0.4, 0.5) is 0 Å². The van der Waals surface area contributed by atoms with Crippen LogP contribution in [0.15, 0.2) is 29.2 Å². The molecular weight excluding hydrogens is 244 g/mol. The highest BCUT2D eigenvalue weighted by molar-refractivity contribution is 7.99. The smallest absolute Gasteiger partial charge is 0.0541 e. The second-order valence-electron chi connectivity index (χ2n) is 3.69. The number of hydrogen-bond acceptors (Lipinski definition) is 2. The van der Waals surface area contributed by atoms with E-state index >= 15 is 0 Å². The van der Waals surface area contributed by atoms with Gasteiger partial charge in [-0.2, -0.15) is 12.6 Å². The minimum atomic E-state index is 0.762. The zero-order valence-electron chi connectivity index (χ0n) is 8.95. The molecule has 1 rings (SSSR count). The fourth-order valence-electron chi connectivity index (χ4n) is 1.30. The van der Waals surface area contributed by atoms with Gasteiger partial charge in [0.1, 0.15) is 0 Å². The molecule has 15 heavy (non-hydrogen) atoms. The third-order valence-electron chi connectivity index (χ3n) is 2.33. The van der Waals surface area contributed by atoms with Crippen molar-refractivity contribution in [3.8, 4) is 0 Å². The Hall–Kier alpha value is 0.210. The quantitative estimate of drug-likeness (QED) is 0.567. The Morgan fingerprint density at radius 2 is 2.07 bits per heavy atom. The van der Waals surface area contributed by atoms with Crippen LogP contribution < -0.4 is 0 Å². The number of rotatable bonds is 6. The summed E-state index contributed by atoms with van der Waals surface area (Å²) in [5.74, 6) is 2.88. The highest BCUT2D eigenvalue weighted by atomic mass is 35.5. The second-order valence-corrected chi connectivity index (χ2v) is 5.68. The molecule has 0 aliphatic heterocycles. The van der Waals surface area contributed by atoms with Gasteiger partial charge in [0.25, 0.3) is 0 Å². The van der Waals surface area contributed by atoms with Gasteiger partial charge in [-0.05, 0) is 42.4 Å². The summed E-state index contributed by atoms with van der Waals surface area (Å²) in [5, 5.41) is 0.865. The molecule has 1 unspecified atom stereocenters. The molecule has 0 aliphatic rings. The van der Waals surface area contributed by atoms with E-state index in [9.17, 15) is 0 Å². The Bertz CT molecular complexity index is 289. The van der Waals surface area contributed by atoms with Crippen LogP contribution in [0.1, 0.15) is 19.8 Å². The average molecular weight is 261 g/mol. The Morgan fingerprint density at radius 3 is 2.73 bits per heavy atom. The molecule has 0 spiro atoms. The molecule has 84 valence electrons. The number of hydrogen-bond donors (Lipinski definition) is 1. The van der Waals surface area contributed by atoms with Crippen LogP contribution in [-0.4, -0.2) is 11.5 Å². The molecule has 1 aromatic rings. The van der Waals surface area contributed by atoms with Crippen LogP contribution >= 0.6 is 36.0 Å². The highest BCUT2D eigenvalue weighted by Gasteiger charge is 2.03. The molecule has 0 saturated carbocycles. The third kappa shape index (κ3) is 5.19. The van der Waals surface area contributed by atoms with Gasteiger partial charge in [-0.15, -0.1) is 11.8 Å². The lowest BCUT2D eigenvalue weighted by Gasteiger charge is -2.09. The standard InChI is InChI=1S/C12H17ClS2/c1-10(6-8-14)7-9-15-12-5-3-2-4-11(12)13/h2-5,10,14H,6-9H2,1H3. The lowest BCUT2D eigenvalue weighted by atomic mass is 10.1. The summed E-state index contributed by atoms with van der Waals surface area (Å²) < 4.78 is 0. The lowest BCUT2D eigenvalue weighted by molar-refractivity contribution is 0.554. The van der Waals surface area contributed by atoms with E-state index in [1.54, 1.807) is 0 Å². The van der Waals surface area contributed by atoms with Gasteiger partial charge in [-0.25, -0.2) is 0 Å². The van der Waals surface area contributed by atoms with Gasteiger partial charge < -0.3 is 0 Å². The third-order valence-corrected chi connectivity index (χ3v) is 4.13. The molecule has 0 radical (unpaired) electrons. The first-order valence-electron chi connectivity index (χ1n) is 5.22. The van der Waals surface area contributed by atoms with Crippen LogP contribution in [0.2, 0.25) is 5.02 Å². The Morgan fingerprint density at radius 1 is 1.33 bits per heavy atom. The lowest BCUT2D eigenvalue weighted by Crippen LogP contribution is -1.97. The van der Waals surface area contributed by atoms with Gasteiger partial charge in [-0.1, -0.05) is 30.7 Å². The number of thioether (sulfide) groups is 1. The molecule has 0 bridgehead atoms. The minimum Gasteiger partial charge on any atom is -0.179 e. The van der Waals surface area contributed by atoms with Crippen molar-refractivity contribution in [2.75, 3.05) is 11.5 Å². The van der Waals surface area contributed by atoms with Crippen molar-refractivity contribution < 1.29 is 0 Å². The Labute approximate surface area is 107 Å². The minimum absolute atomic E-state index is 0.762. The monoisotopic (exact) mass is 260 g/mol. The summed E-state index contributed by atoms with van der Waals surface area (Å²) >= 11 is 12.2. The van der Waals surface area contributed by atoms with E-state index < -0.39 is 0 Å². The topological polar surface area (TPSA) is 0 Å². The van der Waals surface area contributed by atoms with Crippen molar-refractivity contribution in [2.24, 2.45) is 5.92 Å². The zero-order chi connectivity index (χ0) is 11.1. The van der Waals surface area contributed by atoms with Crippen molar-refractivity contribution in [1.29, 1.82) is 0 Å². The Balaban J connectivity index is 2.29. The summed E-state index contributed by atoms with van der Waals surface area (Å²) in [6.07, 6.45) is 2.43. The maximum Gasteiger partial charge on any atom is 0.0541 e. The van der Waals surface area contributed by atoms with Crippen molar-refractivity contribution >= 4 is 36.0 Å². The molecule has 0 fully saturated rings. The molecule has 0 aromatic heterocycles. The van der Waals surface area contributed by atoms with Crippen molar-refractivity contribution in [2.45, 2.75) is 24.7 Å². The van der Waals surface area contributed by atoms with Crippen LogP contribution in [0, 0.1) is 5.92 Å². The normalized spacial score (nSPS) is 12.7. The van der Waals surface area contributed by atoms with Gasteiger partial charge in [0.05, 0.1) is 5.02 Å². The van der Waals surface area contributed by atoms with E-state index in [2.05, 4.69) is 25.6 Å². The van der Waals surface area contributed by atoms with Crippen molar-refractivity contribution in [3.63, 3.8) is 0 Å². The van der Waals surface area contributed by atoms with Crippen LogP contribution in [0.25, 0.3) is 0 Å². The first kappa shape index (κ1) is 13.3. The first-order chi connectivity index (χ1) is 7.24. The first-order valence-corrected chi connectivity index (χ1v) is 7.22. The molecule has 0 N–H and O–H groups in total. The van der Waals surface area contributed by atoms with E-state index in [0.717, 1.165) is 22.4 Å². The molecule has 0 aliphatic carbocycles. The fraction of sp³-hybridized carbons (Fsp3) is 0.500. The van der Waals surface area contributed by atoms with E-state index in [1.165, 1.54) is 17.7 Å². The fourth-order valence-corrected chi connectivity index (χ4v) is 3.16. The highest BCUT2D eigenvalue weighted by Crippen LogP contribution is 2.28. The van der Waals surface area contributed by atoms with E-state index in [1.807, 2.05) is 30.0 Å². The van der Waals surface area contributed by atoms with Gasteiger partial charge in [-0.3, -0.25) is 0 Å². The predicted octanol–water partition coefficient (Wildman–Crippen LogP) is 4.78. The van der Waals surface area contributed by atoms with Gasteiger partial charge in [0.2, 0.25) is 0 Å². The maximum atomic E-state index is 6.07. The molecule has 0 nitrogen and oxygen atoms in total. The molecule has 1 atom stereocenters. The molecule has 3 heteroatoms. The Kier molecular flexibility index (Phi) is 6.62. The summed E-state index contributed by atoms with van der Waals surface area (Å²) in [4.78, 5) is 1.19. The van der Waals surface area contributed by atoms with E-state index in [4.69, 9.17) is 11.6 Å². The van der Waals surface area contributed by atoms with Gasteiger partial charge >= 0.3 is 0 Å². The molecule has 0 heterocycles. The number of halogens is 1. The van der Waals surface area contributed by atoms with E-state index in [-0.39, 0.29) is 0 Å². The van der Waals surface area contributed by atoms with Gasteiger partial charge in [0.15, 0.2) is 0 Å². The summed E-state index contributed by atoms with van der Waals surface area (Å²) in [7, 11) is 0. The van der Waals surface area contributed by atoms with Gasteiger partial charge in [0, 0.05) is 4.90 Å². The molecule has 0 amide bonds. The SMILES string of the molecule is CC(CCS)CCSc1ccccc1Cl. The molecule has 1 aromatic carbocycles. The molecular formula is C12H17ClS2. The number of benzene rings is 1. The summed E-state index contributed by atoms with van der Waals surface area (Å²) in [5.41, 5.74) is 0. The van der Waals surface area contributed by atoms with Crippen LogP contribution in [-0.2, 0) is 0 Å². The average Bonchev–Trinajstić information content (AvgIpc) is 2.21. The van der Waals surface area contributed by atoms with Crippen molar-refractivity contribution in [3.05, 3.63) is 29.3 Å². The van der Waals surface area contributed by atoms with E-state index in [0.29, 0.717) is 0 Å². The maximum absolute atomic E-state index is 6.07. The zero-order valence-corrected chi connectivity index (χ0v) is 11.4. The largest absolute Gasteiger partial charge is 0.179 e. The van der Waals surface area contributed by atoms with Crippen molar-refractivity contribution in [1.82, 2.24) is 0 Å². The summed E-state index contributed by atoms with van der Waals surface area (Å²) in [6.45, 7) is 2.28. The molecule has 0 saturated heterocycles. The predicted molar refractivity (Wildman–Crippen MR) is 74.4 cm³/mol. The van der Waals surface area contributed by atoms with Crippen LogP contribution in [0.5, 0.6) is 0 Å². The number of thiol groups is 1. The second kappa shape index (κ2) is 7.48.